The Balaban J connectivity index is 2.16. The van der Waals surface area contributed by atoms with Gasteiger partial charge < -0.3 is 9.30 Å². The van der Waals surface area contributed by atoms with E-state index in [9.17, 15) is 4.79 Å². The van der Waals surface area contributed by atoms with Gasteiger partial charge in [-0.25, -0.2) is 4.98 Å². The van der Waals surface area contributed by atoms with Crippen molar-refractivity contribution in [1.82, 2.24) is 14.3 Å². The minimum Gasteiger partial charge on any atom is -0.348 e. The van der Waals surface area contributed by atoms with Gasteiger partial charge in [-0.2, -0.15) is 0 Å². The lowest BCUT2D eigenvalue weighted by Crippen LogP contribution is -2.24. The summed E-state index contributed by atoms with van der Waals surface area (Å²) >= 11 is 0. The lowest BCUT2D eigenvalue weighted by Gasteiger charge is -2.12. The molecule has 0 saturated carbocycles. The predicted octanol–water partition coefficient (Wildman–Crippen LogP) is 3.56. The van der Waals surface area contributed by atoms with Crippen molar-refractivity contribution in [2.24, 2.45) is 0 Å². The first kappa shape index (κ1) is 16.2. The molecule has 0 aromatic carbocycles. The smallest absolute Gasteiger partial charge is 0.228 e. The Bertz CT molecular complexity index is 882. The molecule has 0 aliphatic heterocycles. The van der Waals surface area contributed by atoms with Gasteiger partial charge in [0.25, 0.3) is 0 Å². The number of fused-ring (bicyclic) bond motifs is 1. The fourth-order valence-corrected chi connectivity index (χ4v) is 2.83. The van der Waals surface area contributed by atoms with Gasteiger partial charge in [-0.3, -0.25) is 4.79 Å². The molecule has 0 atom stereocenters. The Morgan fingerprint density at radius 1 is 1.25 bits per heavy atom. The first-order valence-electron chi connectivity index (χ1n) is 8.18. The first-order chi connectivity index (χ1) is 11.5. The van der Waals surface area contributed by atoms with Crippen molar-refractivity contribution in [3.05, 3.63) is 65.2 Å². The third-order valence-corrected chi connectivity index (χ3v) is 4.25. The van der Waals surface area contributed by atoms with Crippen LogP contribution in [0, 0.1) is 6.92 Å². The molecule has 0 unspecified atom stereocenters. The average Bonchev–Trinajstić information content (AvgIpc) is 2.73. The molecule has 2 aromatic heterocycles. The standard InChI is InChI=1S/C20H23N3O/c1-14-6-5-7-16(10-8-14)20-17(12-19(24)22(3)4)23-13-15(2)9-11-18(23)21-20/h5-6,8-11,13H,7,12H2,1-4H3. The van der Waals surface area contributed by atoms with Crippen molar-refractivity contribution in [2.75, 3.05) is 14.1 Å². The van der Waals surface area contributed by atoms with E-state index in [1.165, 1.54) is 5.57 Å². The molecular weight excluding hydrogens is 298 g/mol. The van der Waals surface area contributed by atoms with Crippen molar-refractivity contribution < 1.29 is 4.79 Å². The van der Waals surface area contributed by atoms with Gasteiger partial charge in [-0.05, 0) is 37.5 Å². The van der Waals surface area contributed by atoms with Crippen LogP contribution in [0.3, 0.4) is 0 Å². The van der Waals surface area contributed by atoms with Gasteiger partial charge in [-0.1, -0.05) is 35.9 Å². The Morgan fingerprint density at radius 3 is 2.79 bits per heavy atom. The largest absolute Gasteiger partial charge is 0.348 e. The Kier molecular flexibility index (Phi) is 4.38. The maximum absolute atomic E-state index is 12.3. The highest BCUT2D eigenvalue weighted by Crippen LogP contribution is 2.27. The lowest BCUT2D eigenvalue weighted by molar-refractivity contribution is -0.128. The van der Waals surface area contributed by atoms with Crippen LogP contribution < -0.4 is 0 Å². The van der Waals surface area contributed by atoms with Crippen LogP contribution in [-0.2, 0) is 11.2 Å². The Labute approximate surface area is 142 Å². The normalized spacial score (nSPS) is 14.3. The van der Waals surface area contributed by atoms with E-state index < -0.39 is 0 Å². The average molecular weight is 321 g/mol. The summed E-state index contributed by atoms with van der Waals surface area (Å²) in [5.41, 5.74) is 6.27. The second-order valence-electron chi connectivity index (χ2n) is 6.52. The van der Waals surface area contributed by atoms with Crippen LogP contribution in [0.15, 0.2) is 48.2 Å². The highest BCUT2D eigenvalue weighted by molar-refractivity contribution is 5.81. The number of aryl methyl sites for hydroxylation is 1. The third-order valence-electron chi connectivity index (χ3n) is 4.25. The van der Waals surface area contributed by atoms with Gasteiger partial charge in [-0.15, -0.1) is 0 Å². The van der Waals surface area contributed by atoms with E-state index in [4.69, 9.17) is 4.98 Å². The van der Waals surface area contributed by atoms with Crippen molar-refractivity contribution in [3.63, 3.8) is 0 Å². The van der Waals surface area contributed by atoms with Crippen LogP contribution in [0.4, 0.5) is 0 Å². The fourth-order valence-electron chi connectivity index (χ4n) is 2.83. The fraction of sp³-hybridized carbons (Fsp3) is 0.300. The molecular formula is C20H23N3O. The molecule has 0 spiro atoms. The summed E-state index contributed by atoms with van der Waals surface area (Å²) in [5, 5.41) is 0. The summed E-state index contributed by atoms with van der Waals surface area (Å²) in [6.45, 7) is 4.13. The molecule has 4 nitrogen and oxygen atoms in total. The van der Waals surface area contributed by atoms with Crippen LogP contribution in [0.25, 0.3) is 11.2 Å². The Hall–Kier alpha value is -2.62. The summed E-state index contributed by atoms with van der Waals surface area (Å²) in [5.74, 6) is 0.0797. The highest BCUT2D eigenvalue weighted by atomic mass is 16.2. The zero-order valence-corrected chi connectivity index (χ0v) is 14.7. The monoisotopic (exact) mass is 321 g/mol. The molecule has 2 aromatic rings. The van der Waals surface area contributed by atoms with Crippen LogP contribution in [0.2, 0.25) is 0 Å². The molecule has 1 aliphatic carbocycles. The number of carbonyl (C=O) groups excluding carboxylic acids is 1. The van der Waals surface area contributed by atoms with Gasteiger partial charge >= 0.3 is 0 Å². The molecule has 3 rings (SSSR count). The summed E-state index contributed by atoms with van der Waals surface area (Å²) in [7, 11) is 3.58. The van der Waals surface area contributed by atoms with Crippen molar-refractivity contribution in [1.29, 1.82) is 0 Å². The van der Waals surface area contributed by atoms with Crippen LogP contribution >= 0.6 is 0 Å². The highest BCUT2D eigenvalue weighted by Gasteiger charge is 2.19. The topological polar surface area (TPSA) is 37.6 Å². The number of amides is 1. The molecule has 124 valence electrons. The molecule has 0 N–H and O–H groups in total. The van der Waals surface area contributed by atoms with Crippen molar-refractivity contribution in [3.8, 4) is 0 Å². The summed E-state index contributed by atoms with van der Waals surface area (Å²) in [6.07, 6.45) is 11.7. The number of pyridine rings is 1. The summed E-state index contributed by atoms with van der Waals surface area (Å²) < 4.78 is 2.05. The maximum Gasteiger partial charge on any atom is 0.228 e. The molecule has 0 bridgehead atoms. The van der Waals surface area contributed by atoms with E-state index >= 15 is 0 Å². The number of imidazole rings is 1. The van der Waals surface area contributed by atoms with Crippen molar-refractivity contribution >= 4 is 17.1 Å². The number of hydrogen-bond acceptors (Lipinski definition) is 2. The molecule has 1 aliphatic rings. The van der Waals surface area contributed by atoms with E-state index in [1.807, 2.05) is 6.07 Å². The lowest BCUT2D eigenvalue weighted by atomic mass is 10.1. The predicted molar refractivity (Wildman–Crippen MR) is 97.8 cm³/mol. The molecule has 4 heteroatoms. The zero-order valence-electron chi connectivity index (χ0n) is 14.7. The number of rotatable bonds is 3. The van der Waals surface area contributed by atoms with Crippen LogP contribution in [0.1, 0.15) is 30.3 Å². The molecule has 2 heterocycles. The number of carbonyl (C=O) groups is 1. The van der Waals surface area contributed by atoms with Crippen molar-refractivity contribution in [2.45, 2.75) is 26.7 Å². The molecule has 0 saturated heterocycles. The van der Waals surface area contributed by atoms with Gasteiger partial charge in [0.15, 0.2) is 0 Å². The SMILES string of the molecule is CC1=CC=C(c2nc3ccc(C)cn3c2CC(=O)N(C)C)CC=C1. The maximum atomic E-state index is 12.3. The minimum absolute atomic E-state index is 0.0797. The van der Waals surface area contributed by atoms with E-state index in [2.05, 4.69) is 54.8 Å². The summed E-state index contributed by atoms with van der Waals surface area (Å²) in [6, 6.07) is 4.06. The van der Waals surface area contributed by atoms with Crippen LogP contribution in [0.5, 0.6) is 0 Å². The first-order valence-corrected chi connectivity index (χ1v) is 8.18. The molecule has 1 amide bonds. The van der Waals surface area contributed by atoms with E-state index in [0.29, 0.717) is 6.42 Å². The van der Waals surface area contributed by atoms with Gasteiger partial charge in [0, 0.05) is 20.3 Å². The number of nitrogens with zero attached hydrogens (tertiary/aromatic N) is 3. The summed E-state index contributed by atoms with van der Waals surface area (Å²) in [4.78, 5) is 18.8. The van der Waals surface area contributed by atoms with Gasteiger partial charge in [0.05, 0.1) is 17.8 Å². The van der Waals surface area contributed by atoms with Crippen LogP contribution in [-0.4, -0.2) is 34.3 Å². The number of aromatic nitrogens is 2. The minimum atomic E-state index is 0.0797. The van der Waals surface area contributed by atoms with E-state index in [0.717, 1.165) is 34.6 Å². The number of hydrogen-bond donors (Lipinski definition) is 0. The number of likely N-dealkylation sites (N-methyl/N-ethyl adjacent to an activating group) is 1. The number of allylic oxidation sites excluding steroid dienone is 6. The second-order valence-corrected chi connectivity index (χ2v) is 6.52. The third kappa shape index (κ3) is 3.18. The van der Waals surface area contributed by atoms with Gasteiger partial charge in [0.1, 0.15) is 5.65 Å². The Morgan fingerprint density at radius 2 is 2.04 bits per heavy atom. The van der Waals surface area contributed by atoms with Gasteiger partial charge in [0.2, 0.25) is 5.91 Å². The molecule has 0 radical (unpaired) electrons. The zero-order chi connectivity index (χ0) is 17.3. The molecule has 24 heavy (non-hydrogen) atoms. The quantitative estimate of drug-likeness (QED) is 0.867. The molecule has 0 fully saturated rings. The van der Waals surface area contributed by atoms with E-state index in [-0.39, 0.29) is 5.91 Å². The second kappa shape index (κ2) is 6.48. The van der Waals surface area contributed by atoms with E-state index in [1.54, 1.807) is 19.0 Å².